The van der Waals surface area contributed by atoms with Gasteiger partial charge < -0.3 is 5.11 Å². The van der Waals surface area contributed by atoms with Crippen molar-refractivity contribution in [3.05, 3.63) is 24.0 Å². The molecule has 0 radical (unpaired) electrons. The summed E-state index contributed by atoms with van der Waals surface area (Å²) in [5.41, 5.74) is 3.20. The minimum absolute atomic E-state index is 0.126. The number of allylic oxidation sites excluding steroid dienone is 3. The quantitative estimate of drug-likeness (QED) is 0.424. The second-order valence-corrected chi connectivity index (χ2v) is 14.6. The summed E-state index contributed by atoms with van der Waals surface area (Å²) >= 11 is 0. The predicted molar refractivity (Wildman–Crippen MR) is 135 cm³/mol. The largest absolute Gasteiger partial charge is 0.512 e. The van der Waals surface area contributed by atoms with Crippen LogP contribution < -0.4 is 0 Å². The van der Waals surface area contributed by atoms with Gasteiger partial charge in [-0.05, 0) is 122 Å². The summed E-state index contributed by atoms with van der Waals surface area (Å²) in [7, 11) is 0. The van der Waals surface area contributed by atoms with Crippen LogP contribution in [0.1, 0.15) is 113 Å². The maximum Gasteiger partial charge on any atom is 0.0953 e. The van der Waals surface area contributed by atoms with Crippen molar-refractivity contribution in [2.45, 2.75) is 113 Å². The minimum Gasteiger partial charge on any atom is -0.512 e. The summed E-state index contributed by atoms with van der Waals surface area (Å²) in [6.45, 7) is 21.8. The van der Waals surface area contributed by atoms with Gasteiger partial charge in [-0.2, -0.15) is 0 Å². The Morgan fingerprint density at radius 3 is 2.38 bits per heavy atom. The lowest BCUT2D eigenvalue weighted by Crippen LogP contribution is -2.56. The molecule has 0 aromatic heterocycles. The van der Waals surface area contributed by atoms with E-state index in [1.165, 1.54) is 63.4 Å². The molecule has 0 aliphatic heterocycles. The molecule has 2 spiro atoms. The number of aliphatic hydroxyl groups excluding tert-OH is 1. The van der Waals surface area contributed by atoms with Crippen molar-refractivity contribution in [3.63, 3.8) is 0 Å². The highest BCUT2D eigenvalue weighted by Crippen LogP contribution is 2.89. The Morgan fingerprint density at radius 1 is 1.00 bits per heavy atom. The Labute approximate surface area is 198 Å². The first-order valence-corrected chi connectivity index (χ1v) is 13.9. The van der Waals surface area contributed by atoms with Crippen molar-refractivity contribution < 1.29 is 5.11 Å². The molecule has 180 valence electrons. The lowest BCUT2D eigenvalue weighted by Gasteiger charge is -2.62. The van der Waals surface area contributed by atoms with Crippen molar-refractivity contribution >= 4 is 0 Å². The molecular formula is C31H50O. The highest BCUT2D eigenvalue weighted by Gasteiger charge is 2.83. The highest BCUT2D eigenvalue weighted by molar-refractivity contribution is 5.38. The average Bonchev–Trinajstić information content (AvgIpc) is 3.34. The highest BCUT2D eigenvalue weighted by atomic mass is 16.3. The number of aliphatic hydroxyl groups is 1. The fourth-order valence-electron chi connectivity index (χ4n) is 10.7. The van der Waals surface area contributed by atoms with E-state index in [9.17, 15) is 5.11 Å². The molecule has 0 saturated heterocycles. The molecule has 0 unspecified atom stereocenters. The van der Waals surface area contributed by atoms with Crippen LogP contribution in [-0.4, -0.2) is 5.11 Å². The molecular weight excluding hydrogens is 388 g/mol. The second-order valence-electron chi connectivity index (χ2n) is 14.6. The van der Waals surface area contributed by atoms with Crippen molar-refractivity contribution in [1.29, 1.82) is 0 Å². The molecule has 1 N–H and O–H groups in total. The van der Waals surface area contributed by atoms with Gasteiger partial charge >= 0.3 is 0 Å². The van der Waals surface area contributed by atoms with E-state index in [0.717, 1.165) is 29.9 Å². The maximum atomic E-state index is 11.3. The third-order valence-electron chi connectivity index (χ3n) is 13.0. The van der Waals surface area contributed by atoms with Gasteiger partial charge in [-0.15, -0.1) is 0 Å². The molecule has 0 heterocycles. The zero-order valence-corrected chi connectivity index (χ0v) is 22.2. The normalized spacial score (nSPS) is 49.4. The molecule has 1 nitrogen and oxygen atoms in total. The summed E-state index contributed by atoms with van der Waals surface area (Å²) in [5, 5.41) is 11.3. The van der Waals surface area contributed by atoms with Crippen LogP contribution in [-0.2, 0) is 0 Å². The summed E-state index contributed by atoms with van der Waals surface area (Å²) < 4.78 is 0. The third-order valence-corrected chi connectivity index (χ3v) is 13.0. The molecule has 4 fully saturated rings. The lowest BCUT2D eigenvalue weighted by molar-refractivity contribution is -0.134. The number of fused-ring (bicyclic) bond motifs is 2. The Morgan fingerprint density at radius 2 is 1.69 bits per heavy atom. The minimum atomic E-state index is 0.126. The van der Waals surface area contributed by atoms with Crippen LogP contribution in [0, 0.1) is 56.7 Å². The van der Waals surface area contributed by atoms with Crippen LogP contribution in [0.3, 0.4) is 0 Å². The SMILES string of the molecule is C=C(CC[C@@H](C)[C@H]1CC[C@@]2(C)[C@@H]3CC[C@H]4C(C)(C)CC=C(O)[C@@]45C[C@@]35CC[C@]12C)C(C)C. The maximum absolute atomic E-state index is 11.3. The average molecular weight is 439 g/mol. The first kappa shape index (κ1) is 23.0. The van der Waals surface area contributed by atoms with Gasteiger partial charge in [0.05, 0.1) is 5.76 Å². The smallest absolute Gasteiger partial charge is 0.0953 e. The molecule has 0 amide bonds. The zero-order valence-electron chi connectivity index (χ0n) is 22.2. The fraction of sp³-hybridized carbons (Fsp3) is 0.871. The van der Waals surface area contributed by atoms with Crippen LogP contribution in [0.5, 0.6) is 0 Å². The van der Waals surface area contributed by atoms with Crippen LogP contribution in [0.25, 0.3) is 0 Å². The Bertz CT molecular complexity index is 833. The van der Waals surface area contributed by atoms with Crippen LogP contribution in [0.15, 0.2) is 24.0 Å². The summed E-state index contributed by atoms with van der Waals surface area (Å²) in [5.74, 6) is 4.54. The molecule has 1 heteroatoms. The second kappa shape index (κ2) is 6.91. The van der Waals surface area contributed by atoms with E-state index >= 15 is 0 Å². The Kier molecular flexibility index (Phi) is 4.98. The van der Waals surface area contributed by atoms with Gasteiger partial charge in [-0.3, -0.25) is 0 Å². The van der Waals surface area contributed by atoms with E-state index < -0.39 is 0 Å². The molecule has 0 aromatic rings. The first-order valence-electron chi connectivity index (χ1n) is 13.9. The van der Waals surface area contributed by atoms with Crippen molar-refractivity contribution in [2.75, 3.05) is 0 Å². The van der Waals surface area contributed by atoms with E-state index in [-0.39, 0.29) is 5.41 Å². The predicted octanol–water partition coefficient (Wildman–Crippen LogP) is 9.11. The van der Waals surface area contributed by atoms with E-state index in [4.69, 9.17) is 0 Å². The number of rotatable bonds is 5. The molecule has 8 atom stereocenters. The van der Waals surface area contributed by atoms with Crippen LogP contribution in [0.2, 0.25) is 0 Å². The molecule has 5 rings (SSSR count). The molecule has 0 bridgehead atoms. The van der Waals surface area contributed by atoms with Crippen molar-refractivity contribution in [3.8, 4) is 0 Å². The van der Waals surface area contributed by atoms with Crippen molar-refractivity contribution in [1.82, 2.24) is 0 Å². The molecule has 5 aliphatic carbocycles. The van der Waals surface area contributed by atoms with E-state index in [1.54, 1.807) is 0 Å². The summed E-state index contributed by atoms with van der Waals surface area (Å²) in [6.07, 6.45) is 15.4. The van der Waals surface area contributed by atoms with Gasteiger partial charge in [0.15, 0.2) is 0 Å². The van der Waals surface area contributed by atoms with Gasteiger partial charge in [0.2, 0.25) is 0 Å². The van der Waals surface area contributed by atoms with Crippen LogP contribution in [0.4, 0.5) is 0 Å². The molecule has 32 heavy (non-hydrogen) atoms. The molecule has 0 aromatic carbocycles. The zero-order chi connectivity index (χ0) is 23.3. The topological polar surface area (TPSA) is 20.2 Å². The standard InChI is InChI=1S/C31H50O/c1-20(2)21(3)9-10-22(4)23-13-16-29(8)25-12-11-24-27(5,6)15-14-26(32)31(24)19-30(25,31)18-17-28(23,29)7/h14,20,22-25,32H,3,9-13,15-19H2,1-2,4-8H3/t22-,23-,24+,25+,28-,29+,30+,31-/m1/s1. The molecule has 4 saturated carbocycles. The van der Waals surface area contributed by atoms with Crippen molar-refractivity contribution in [2.24, 2.45) is 56.7 Å². The van der Waals surface area contributed by atoms with Gasteiger partial charge in [-0.25, -0.2) is 0 Å². The van der Waals surface area contributed by atoms with Gasteiger partial charge in [0.1, 0.15) is 0 Å². The van der Waals surface area contributed by atoms with Gasteiger partial charge in [0, 0.05) is 5.41 Å². The third kappa shape index (κ3) is 2.63. The van der Waals surface area contributed by atoms with E-state index in [2.05, 4.69) is 61.1 Å². The van der Waals surface area contributed by atoms with Gasteiger partial charge in [0.25, 0.3) is 0 Å². The first-order chi connectivity index (χ1) is 14.9. The van der Waals surface area contributed by atoms with E-state index in [0.29, 0.717) is 33.5 Å². The summed E-state index contributed by atoms with van der Waals surface area (Å²) in [6, 6.07) is 0. The number of hydrogen-bond acceptors (Lipinski definition) is 1. The van der Waals surface area contributed by atoms with Gasteiger partial charge in [-0.1, -0.05) is 60.6 Å². The lowest BCUT2D eigenvalue weighted by atomic mass is 9.42. The van der Waals surface area contributed by atoms with E-state index in [1.807, 2.05) is 0 Å². The Hall–Kier alpha value is -0.720. The monoisotopic (exact) mass is 438 g/mol. The number of hydrogen-bond donors (Lipinski definition) is 1. The Balaban J connectivity index is 1.42. The van der Waals surface area contributed by atoms with Crippen LogP contribution >= 0.6 is 0 Å². The molecule has 5 aliphatic rings. The summed E-state index contributed by atoms with van der Waals surface area (Å²) in [4.78, 5) is 0. The fourth-order valence-corrected chi connectivity index (χ4v) is 10.7.